The lowest BCUT2D eigenvalue weighted by Gasteiger charge is -2.50. The Morgan fingerprint density at radius 2 is 1.67 bits per heavy atom. The highest BCUT2D eigenvalue weighted by molar-refractivity contribution is 6.13. The zero-order chi connectivity index (χ0) is 30.0. The molecule has 2 aliphatic carbocycles. The Morgan fingerprint density at radius 3 is 2.40 bits per heavy atom. The maximum absolute atomic E-state index is 15.0. The number of fused-ring (bicyclic) bond motifs is 4. The van der Waals surface area contributed by atoms with Crippen LogP contribution in [0.15, 0.2) is 84.4 Å². The summed E-state index contributed by atoms with van der Waals surface area (Å²) < 4.78 is 5.76. The Morgan fingerprint density at radius 1 is 0.930 bits per heavy atom. The van der Waals surface area contributed by atoms with Gasteiger partial charge in [-0.1, -0.05) is 65.7 Å². The Kier molecular flexibility index (Phi) is 6.16. The minimum Gasteiger partial charge on any atom is -0.508 e. The van der Waals surface area contributed by atoms with Crippen LogP contribution in [0.2, 0.25) is 0 Å². The molecule has 4 amide bonds. The van der Waals surface area contributed by atoms with Crippen molar-refractivity contribution in [1.29, 1.82) is 0 Å². The molecule has 2 aliphatic heterocycles. The largest absolute Gasteiger partial charge is 0.508 e. The van der Waals surface area contributed by atoms with Gasteiger partial charge in [0.1, 0.15) is 11.5 Å². The molecule has 0 radical (unpaired) electrons. The zero-order valence-corrected chi connectivity index (χ0v) is 23.7. The molecule has 43 heavy (non-hydrogen) atoms. The van der Waals surface area contributed by atoms with Crippen LogP contribution in [-0.2, 0) is 24.6 Å². The van der Waals surface area contributed by atoms with E-state index in [0.717, 1.165) is 16.1 Å². The number of carbonyl (C=O) groups excluding carboxylic acids is 4. The summed E-state index contributed by atoms with van der Waals surface area (Å²) >= 11 is 0. The number of ether oxygens (including phenoxy) is 1. The van der Waals surface area contributed by atoms with Gasteiger partial charge in [-0.3, -0.25) is 29.9 Å². The van der Waals surface area contributed by atoms with E-state index in [2.05, 4.69) is 10.7 Å². The van der Waals surface area contributed by atoms with Gasteiger partial charge < -0.3 is 9.84 Å². The number of benzene rings is 3. The summed E-state index contributed by atoms with van der Waals surface area (Å²) in [7, 11) is 1.49. The lowest BCUT2D eigenvalue weighted by molar-refractivity contribution is -0.138. The number of nitrogens with zero attached hydrogens (tertiary/aromatic N) is 1. The summed E-state index contributed by atoms with van der Waals surface area (Å²) in [4.78, 5) is 55.5. The van der Waals surface area contributed by atoms with Gasteiger partial charge in [-0.25, -0.2) is 0 Å². The summed E-state index contributed by atoms with van der Waals surface area (Å²) in [5.41, 5.74) is 4.94. The molecule has 0 spiro atoms. The van der Waals surface area contributed by atoms with Gasteiger partial charge in [-0.05, 0) is 55.5 Å². The predicted molar refractivity (Wildman–Crippen MR) is 157 cm³/mol. The fraction of sp³-hybridized carbons (Fsp3) is 0.294. The third-order valence-electron chi connectivity index (χ3n) is 9.79. The number of rotatable bonds is 5. The van der Waals surface area contributed by atoms with Gasteiger partial charge in [0.05, 0.1) is 36.0 Å². The van der Waals surface area contributed by atoms with Gasteiger partial charge in [0.2, 0.25) is 11.8 Å². The van der Waals surface area contributed by atoms with Crippen molar-refractivity contribution in [1.82, 2.24) is 10.3 Å². The number of hydrogen-bond donors (Lipinski definition) is 3. The van der Waals surface area contributed by atoms with Crippen molar-refractivity contribution in [3.63, 3.8) is 0 Å². The molecule has 2 saturated heterocycles. The highest BCUT2D eigenvalue weighted by Gasteiger charge is 2.70. The van der Waals surface area contributed by atoms with Crippen LogP contribution in [0.4, 0.5) is 5.69 Å². The number of methoxy groups -OCH3 is 1. The zero-order valence-electron chi connectivity index (χ0n) is 23.7. The molecule has 218 valence electrons. The summed E-state index contributed by atoms with van der Waals surface area (Å²) in [5, 5.41) is 15.0. The topological polar surface area (TPSA) is 125 Å². The van der Waals surface area contributed by atoms with E-state index in [-0.39, 0.29) is 24.0 Å². The van der Waals surface area contributed by atoms with Gasteiger partial charge in [0.25, 0.3) is 11.8 Å². The predicted octanol–water partition coefficient (Wildman–Crippen LogP) is 3.98. The van der Waals surface area contributed by atoms with Crippen molar-refractivity contribution < 1.29 is 29.0 Å². The number of anilines is 1. The van der Waals surface area contributed by atoms with E-state index in [1.165, 1.54) is 13.2 Å². The quantitative estimate of drug-likeness (QED) is 0.310. The third-order valence-corrected chi connectivity index (χ3v) is 9.79. The smallest absolute Gasteiger partial charge is 0.260 e. The number of allylic oxidation sites excluding steroid dienone is 2. The second-order valence-corrected chi connectivity index (χ2v) is 11.8. The Balaban J connectivity index is 1.50. The summed E-state index contributed by atoms with van der Waals surface area (Å²) in [6, 6.07) is 21.5. The molecule has 0 bridgehead atoms. The maximum atomic E-state index is 15.0. The molecule has 9 nitrogen and oxygen atoms in total. The van der Waals surface area contributed by atoms with E-state index in [0.29, 0.717) is 29.0 Å². The van der Waals surface area contributed by atoms with Gasteiger partial charge in [-0.2, -0.15) is 5.01 Å². The number of hydrogen-bond acceptors (Lipinski definition) is 7. The van der Waals surface area contributed by atoms with Gasteiger partial charge in [-0.15, -0.1) is 0 Å². The fourth-order valence-corrected chi connectivity index (χ4v) is 7.97. The van der Waals surface area contributed by atoms with Crippen molar-refractivity contribution in [2.45, 2.75) is 31.1 Å². The third kappa shape index (κ3) is 3.77. The first-order valence-corrected chi connectivity index (χ1v) is 14.4. The number of aromatic hydroxyl groups is 1. The van der Waals surface area contributed by atoms with Crippen LogP contribution in [0.3, 0.4) is 0 Å². The molecule has 7 rings (SSSR count). The lowest BCUT2D eigenvalue weighted by Crippen LogP contribution is -2.53. The van der Waals surface area contributed by atoms with Crippen LogP contribution < -0.4 is 15.5 Å². The summed E-state index contributed by atoms with van der Waals surface area (Å²) in [5.74, 6) is -4.80. The van der Waals surface area contributed by atoms with E-state index in [4.69, 9.17) is 4.74 Å². The minimum atomic E-state index is -1.48. The molecule has 3 aromatic rings. The fourth-order valence-electron chi connectivity index (χ4n) is 7.97. The van der Waals surface area contributed by atoms with Crippen molar-refractivity contribution in [3.8, 4) is 11.5 Å². The molecule has 4 aliphatic rings. The van der Waals surface area contributed by atoms with Crippen LogP contribution >= 0.6 is 0 Å². The summed E-state index contributed by atoms with van der Waals surface area (Å²) in [6.45, 7) is 1.95. The number of carbonyl (C=O) groups is 4. The number of amides is 4. The van der Waals surface area contributed by atoms with Crippen LogP contribution in [-0.4, -0.2) is 40.9 Å². The number of phenols is 1. The number of hydrazine groups is 1. The number of aryl methyl sites for hydroxylation is 1. The van der Waals surface area contributed by atoms with E-state index in [9.17, 15) is 19.5 Å². The molecule has 2 heterocycles. The van der Waals surface area contributed by atoms with Crippen LogP contribution in [0.1, 0.15) is 35.4 Å². The molecule has 9 heteroatoms. The van der Waals surface area contributed by atoms with E-state index < -0.39 is 46.8 Å². The van der Waals surface area contributed by atoms with E-state index >= 15 is 4.79 Å². The Labute approximate surface area is 248 Å². The standard InChI is InChI=1S/C34H31N3O6/c1-18-11-13-20(14-12-18)36-37-32(41)24-17-23-21(15-16-22-27(23)31(40)35-30(22)39)29(28-25(38)9-6-10-26(28)43-2)34(24,33(37)42)19-7-4-3-5-8-19/h3-15,22-24,27,29,36,38H,16-17H2,1-2H3,(H,35,39,40)/t22-,23+,24-,27-,29+,34+/m0/s1. The molecule has 1 saturated carbocycles. The number of phenolic OH excluding ortho intramolecular Hbond substituents is 1. The van der Waals surface area contributed by atoms with E-state index in [1.54, 1.807) is 24.3 Å². The minimum absolute atomic E-state index is 0.0841. The normalized spacial score (nSPS) is 29.4. The van der Waals surface area contributed by atoms with Gasteiger partial charge in [0, 0.05) is 11.5 Å². The first-order chi connectivity index (χ1) is 20.8. The van der Waals surface area contributed by atoms with Gasteiger partial charge in [0.15, 0.2) is 0 Å². The Bertz CT molecular complexity index is 1700. The molecule has 3 N–H and O–H groups in total. The second kappa shape index (κ2) is 9.83. The van der Waals surface area contributed by atoms with Gasteiger partial charge >= 0.3 is 0 Å². The van der Waals surface area contributed by atoms with Crippen LogP contribution in [0.25, 0.3) is 0 Å². The first kappa shape index (κ1) is 26.9. The lowest BCUT2D eigenvalue weighted by atomic mass is 9.49. The molecule has 0 unspecified atom stereocenters. The second-order valence-electron chi connectivity index (χ2n) is 11.8. The van der Waals surface area contributed by atoms with E-state index in [1.807, 2.05) is 55.5 Å². The maximum Gasteiger partial charge on any atom is 0.260 e. The average molecular weight is 578 g/mol. The Hall–Kier alpha value is -4.92. The van der Waals surface area contributed by atoms with Crippen molar-refractivity contribution in [3.05, 3.63) is 101 Å². The first-order valence-electron chi connectivity index (χ1n) is 14.4. The highest BCUT2D eigenvalue weighted by atomic mass is 16.5. The monoisotopic (exact) mass is 577 g/mol. The molecular weight excluding hydrogens is 546 g/mol. The highest BCUT2D eigenvalue weighted by Crippen LogP contribution is 2.65. The average Bonchev–Trinajstić information content (AvgIpc) is 3.42. The van der Waals surface area contributed by atoms with Crippen molar-refractivity contribution >= 4 is 29.3 Å². The molecule has 0 aromatic heterocycles. The molecule has 3 aromatic carbocycles. The molecule has 3 fully saturated rings. The van der Waals surface area contributed by atoms with Crippen molar-refractivity contribution in [2.75, 3.05) is 12.5 Å². The summed E-state index contributed by atoms with van der Waals surface area (Å²) in [6.07, 6.45) is 2.43. The number of imide groups is 2. The van der Waals surface area contributed by atoms with Crippen LogP contribution in [0, 0.1) is 30.6 Å². The molecule has 6 atom stereocenters. The van der Waals surface area contributed by atoms with Crippen LogP contribution in [0.5, 0.6) is 11.5 Å². The van der Waals surface area contributed by atoms with Crippen molar-refractivity contribution in [2.24, 2.45) is 23.7 Å². The molecular formula is C34H31N3O6. The number of nitrogens with one attached hydrogen (secondary N) is 2. The SMILES string of the molecule is COc1cccc(O)c1[C@H]1C2=CC[C@@H]3C(=O)NC(=O)[C@@H]3[C@@H]2C[C@H]2C(=O)N(Nc3ccc(C)cc3)C(=O)[C@@]12c1ccccc1.